The van der Waals surface area contributed by atoms with E-state index < -0.39 is 0 Å². The molecule has 0 spiro atoms. The van der Waals surface area contributed by atoms with Gasteiger partial charge < -0.3 is 5.73 Å². The second kappa shape index (κ2) is 5.36. The maximum atomic E-state index is 6.37. The number of nitrogens with two attached hydrogens (primary N) is 1. The van der Waals surface area contributed by atoms with Crippen LogP contribution in [-0.4, -0.2) is 9.78 Å². The first kappa shape index (κ1) is 12.8. The Bertz CT molecular complexity index is 508. The first-order valence-corrected chi connectivity index (χ1v) is 6.47. The normalized spacial score (nSPS) is 12.7. The summed E-state index contributed by atoms with van der Waals surface area (Å²) in [6, 6.07) is 8.39. The number of nitrogens with zero attached hydrogens (tertiary/aromatic N) is 2. The zero-order valence-corrected chi connectivity index (χ0v) is 11.4. The first-order valence-electron chi connectivity index (χ1n) is 6.47. The Labute approximate surface area is 109 Å². The number of rotatable bonds is 4. The Hall–Kier alpha value is -1.61. The van der Waals surface area contributed by atoms with Crippen molar-refractivity contribution in [1.29, 1.82) is 0 Å². The van der Waals surface area contributed by atoms with Gasteiger partial charge in [0.1, 0.15) is 0 Å². The van der Waals surface area contributed by atoms with E-state index >= 15 is 0 Å². The summed E-state index contributed by atoms with van der Waals surface area (Å²) in [5.74, 6) is 0. The molecule has 0 aliphatic heterocycles. The van der Waals surface area contributed by atoms with Gasteiger partial charge in [0.15, 0.2) is 0 Å². The van der Waals surface area contributed by atoms with E-state index in [-0.39, 0.29) is 6.04 Å². The van der Waals surface area contributed by atoms with Crippen molar-refractivity contribution in [1.82, 2.24) is 9.78 Å². The van der Waals surface area contributed by atoms with Crippen molar-refractivity contribution in [2.75, 3.05) is 0 Å². The topological polar surface area (TPSA) is 43.8 Å². The third kappa shape index (κ3) is 2.62. The Kier molecular flexibility index (Phi) is 3.82. The Morgan fingerprint density at radius 1 is 1.22 bits per heavy atom. The van der Waals surface area contributed by atoms with Gasteiger partial charge in [0.25, 0.3) is 0 Å². The lowest BCUT2D eigenvalue weighted by molar-refractivity contribution is 0.559. The van der Waals surface area contributed by atoms with Crippen molar-refractivity contribution in [2.45, 2.75) is 39.8 Å². The van der Waals surface area contributed by atoms with E-state index in [4.69, 9.17) is 5.73 Å². The maximum absolute atomic E-state index is 6.37. The lowest BCUT2D eigenvalue weighted by Crippen LogP contribution is -2.17. The van der Waals surface area contributed by atoms with Gasteiger partial charge in [0, 0.05) is 12.7 Å². The van der Waals surface area contributed by atoms with Crippen molar-refractivity contribution in [3.8, 4) is 0 Å². The Balaban J connectivity index is 2.34. The van der Waals surface area contributed by atoms with Crippen LogP contribution in [0.1, 0.15) is 41.8 Å². The fraction of sp³-hybridized carbons (Fsp3) is 0.400. The molecule has 0 amide bonds. The number of benzene rings is 1. The van der Waals surface area contributed by atoms with E-state index in [1.165, 1.54) is 11.1 Å². The molecule has 18 heavy (non-hydrogen) atoms. The lowest BCUT2D eigenvalue weighted by Gasteiger charge is -2.15. The Morgan fingerprint density at radius 3 is 2.50 bits per heavy atom. The average molecular weight is 243 g/mol. The molecule has 0 aliphatic rings. The fourth-order valence-electron chi connectivity index (χ4n) is 2.37. The van der Waals surface area contributed by atoms with E-state index in [1.54, 1.807) is 0 Å². The van der Waals surface area contributed by atoms with E-state index in [1.807, 2.05) is 16.9 Å². The lowest BCUT2D eigenvalue weighted by atomic mass is 10.00. The highest BCUT2D eigenvalue weighted by Gasteiger charge is 2.14. The van der Waals surface area contributed by atoms with Crippen molar-refractivity contribution >= 4 is 0 Å². The molecular formula is C15H21N3. The molecule has 0 aliphatic carbocycles. The largest absolute Gasteiger partial charge is 0.319 e. The summed E-state index contributed by atoms with van der Waals surface area (Å²) in [6.07, 6.45) is 2.89. The minimum Gasteiger partial charge on any atom is -0.319 e. The van der Waals surface area contributed by atoms with E-state index in [0.717, 1.165) is 24.2 Å². The van der Waals surface area contributed by atoms with Crippen LogP contribution in [0.4, 0.5) is 0 Å². The summed E-state index contributed by atoms with van der Waals surface area (Å²) >= 11 is 0. The minimum absolute atomic E-state index is 0.0994. The molecule has 1 unspecified atom stereocenters. The number of aromatic nitrogens is 2. The van der Waals surface area contributed by atoms with Crippen LogP contribution in [0.25, 0.3) is 0 Å². The van der Waals surface area contributed by atoms with E-state index in [2.05, 4.69) is 44.1 Å². The van der Waals surface area contributed by atoms with Gasteiger partial charge in [0.2, 0.25) is 0 Å². The summed E-state index contributed by atoms with van der Waals surface area (Å²) in [5, 5.41) is 4.33. The molecule has 0 saturated heterocycles. The molecule has 1 aromatic carbocycles. The van der Waals surface area contributed by atoms with Gasteiger partial charge in [-0.3, -0.25) is 4.68 Å². The van der Waals surface area contributed by atoms with Crippen molar-refractivity contribution < 1.29 is 0 Å². The van der Waals surface area contributed by atoms with Crippen molar-refractivity contribution in [3.05, 3.63) is 52.8 Å². The average Bonchev–Trinajstić information content (AvgIpc) is 2.75. The second-order valence-electron chi connectivity index (χ2n) is 4.88. The molecular weight excluding hydrogens is 222 g/mol. The molecule has 3 nitrogen and oxygen atoms in total. The van der Waals surface area contributed by atoms with Crippen LogP contribution in [0, 0.1) is 13.8 Å². The maximum Gasteiger partial charge on any atom is 0.0723 e. The monoisotopic (exact) mass is 243 g/mol. The van der Waals surface area contributed by atoms with Crippen LogP contribution >= 0.6 is 0 Å². The molecule has 1 aromatic heterocycles. The van der Waals surface area contributed by atoms with Gasteiger partial charge in [-0.05, 0) is 31.9 Å². The van der Waals surface area contributed by atoms with E-state index in [9.17, 15) is 0 Å². The summed E-state index contributed by atoms with van der Waals surface area (Å²) in [6.45, 7) is 7.27. The van der Waals surface area contributed by atoms with Gasteiger partial charge in [-0.2, -0.15) is 5.10 Å². The van der Waals surface area contributed by atoms with Gasteiger partial charge in [0.05, 0.1) is 11.7 Å². The first-order chi connectivity index (χ1) is 8.61. The van der Waals surface area contributed by atoms with Gasteiger partial charge in [-0.1, -0.05) is 36.2 Å². The van der Waals surface area contributed by atoms with Gasteiger partial charge in [-0.25, -0.2) is 0 Å². The zero-order chi connectivity index (χ0) is 13.1. The predicted octanol–water partition coefficient (Wildman–Crippen LogP) is 2.96. The predicted molar refractivity (Wildman–Crippen MR) is 74.5 cm³/mol. The number of hydrogen-bond acceptors (Lipinski definition) is 2. The molecule has 1 atom stereocenters. The molecule has 2 aromatic rings. The quantitative estimate of drug-likeness (QED) is 0.897. The zero-order valence-electron chi connectivity index (χ0n) is 11.4. The van der Waals surface area contributed by atoms with Gasteiger partial charge in [-0.15, -0.1) is 0 Å². The van der Waals surface area contributed by atoms with Crippen LogP contribution in [0.15, 0.2) is 30.5 Å². The van der Waals surface area contributed by atoms with Crippen LogP contribution < -0.4 is 5.73 Å². The Morgan fingerprint density at radius 2 is 1.89 bits per heavy atom. The summed E-state index contributed by atoms with van der Waals surface area (Å²) in [7, 11) is 0. The highest BCUT2D eigenvalue weighted by Crippen LogP contribution is 2.21. The second-order valence-corrected chi connectivity index (χ2v) is 4.88. The third-order valence-corrected chi connectivity index (χ3v) is 3.11. The highest BCUT2D eigenvalue weighted by molar-refractivity contribution is 5.34. The van der Waals surface area contributed by atoms with Gasteiger partial charge >= 0.3 is 0 Å². The molecule has 0 saturated carbocycles. The SMILES string of the molecule is CCCn1nccc1C(N)c1cc(C)cc(C)c1. The highest BCUT2D eigenvalue weighted by atomic mass is 15.3. The van der Waals surface area contributed by atoms with Crippen molar-refractivity contribution in [3.63, 3.8) is 0 Å². The van der Waals surface area contributed by atoms with Crippen LogP contribution in [0.3, 0.4) is 0 Å². The summed E-state index contributed by atoms with van der Waals surface area (Å²) < 4.78 is 2.00. The standard InChI is InChI=1S/C15H21N3/c1-4-7-18-14(5-6-17-18)15(16)13-9-11(2)8-12(3)10-13/h5-6,8-10,15H,4,7,16H2,1-3H3. The number of hydrogen-bond donors (Lipinski definition) is 1. The van der Waals surface area contributed by atoms with Crippen molar-refractivity contribution in [2.24, 2.45) is 5.73 Å². The third-order valence-electron chi connectivity index (χ3n) is 3.11. The molecule has 1 heterocycles. The minimum atomic E-state index is -0.0994. The summed E-state index contributed by atoms with van der Waals surface area (Å²) in [5.41, 5.74) is 11.1. The molecule has 0 bridgehead atoms. The summed E-state index contributed by atoms with van der Waals surface area (Å²) in [4.78, 5) is 0. The molecule has 0 fully saturated rings. The van der Waals surface area contributed by atoms with E-state index in [0.29, 0.717) is 0 Å². The molecule has 2 rings (SSSR count). The smallest absolute Gasteiger partial charge is 0.0723 e. The molecule has 2 N–H and O–H groups in total. The molecule has 0 radical (unpaired) electrons. The molecule has 96 valence electrons. The van der Waals surface area contributed by atoms with Crippen LogP contribution in [0.2, 0.25) is 0 Å². The molecule has 3 heteroatoms. The van der Waals surface area contributed by atoms with Crippen LogP contribution in [0.5, 0.6) is 0 Å². The fourth-order valence-corrected chi connectivity index (χ4v) is 2.37. The number of aryl methyl sites for hydroxylation is 3. The van der Waals surface area contributed by atoms with Crippen LogP contribution in [-0.2, 0) is 6.54 Å².